The van der Waals surface area contributed by atoms with Gasteiger partial charge in [-0.2, -0.15) is 0 Å². The highest BCUT2D eigenvalue weighted by atomic mass is 16.3. The molecule has 0 saturated carbocycles. The fourth-order valence-electron chi connectivity index (χ4n) is 2.22. The number of pyridine rings is 1. The minimum atomic E-state index is 0.0351. The number of nitrogens with zero attached hydrogens (tertiary/aromatic N) is 2. The molecule has 0 aliphatic heterocycles. The van der Waals surface area contributed by atoms with Crippen molar-refractivity contribution < 1.29 is 5.11 Å². The molecule has 1 aromatic carbocycles. The number of hydrogen-bond acceptors (Lipinski definition) is 3. The number of fused-ring (bicyclic) bond motifs is 1. The summed E-state index contributed by atoms with van der Waals surface area (Å²) >= 11 is 0. The lowest BCUT2D eigenvalue weighted by Crippen LogP contribution is -2.25. The second-order valence-electron chi connectivity index (χ2n) is 4.40. The standard InChI is InChI=1S/C15H20N2O/c1-3-9-17(4-2)15-13(11-18)10-12-7-5-6-8-14(12)16-15/h5-8,10,18H,3-4,9,11H2,1-2H3. The van der Waals surface area contributed by atoms with Crippen molar-refractivity contribution in [3.8, 4) is 0 Å². The van der Waals surface area contributed by atoms with Crippen LogP contribution in [0.2, 0.25) is 0 Å². The Morgan fingerprint density at radius 3 is 2.67 bits per heavy atom. The van der Waals surface area contributed by atoms with Crippen molar-refractivity contribution in [2.75, 3.05) is 18.0 Å². The van der Waals surface area contributed by atoms with Crippen molar-refractivity contribution in [1.29, 1.82) is 0 Å². The van der Waals surface area contributed by atoms with Crippen LogP contribution in [-0.2, 0) is 6.61 Å². The van der Waals surface area contributed by atoms with Gasteiger partial charge in [-0.25, -0.2) is 4.98 Å². The molecule has 18 heavy (non-hydrogen) atoms. The molecule has 3 heteroatoms. The van der Waals surface area contributed by atoms with Crippen molar-refractivity contribution in [2.24, 2.45) is 0 Å². The fraction of sp³-hybridized carbons (Fsp3) is 0.400. The van der Waals surface area contributed by atoms with Crippen LogP contribution in [0.25, 0.3) is 10.9 Å². The van der Waals surface area contributed by atoms with E-state index in [1.807, 2.05) is 30.3 Å². The van der Waals surface area contributed by atoms with E-state index in [1.54, 1.807) is 0 Å². The van der Waals surface area contributed by atoms with E-state index in [-0.39, 0.29) is 6.61 Å². The summed E-state index contributed by atoms with van der Waals surface area (Å²) < 4.78 is 0. The Morgan fingerprint density at radius 2 is 2.00 bits per heavy atom. The molecule has 0 bridgehead atoms. The Balaban J connectivity index is 2.53. The van der Waals surface area contributed by atoms with Crippen molar-refractivity contribution >= 4 is 16.7 Å². The van der Waals surface area contributed by atoms with Crippen LogP contribution in [0.4, 0.5) is 5.82 Å². The summed E-state index contributed by atoms with van der Waals surface area (Å²) in [6, 6.07) is 10.1. The van der Waals surface area contributed by atoms with E-state index in [4.69, 9.17) is 4.98 Å². The van der Waals surface area contributed by atoms with E-state index >= 15 is 0 Å². The maximum atomic E-state index is 9.52. The summed E-state index contributed by atoms with van der Waals surface area (Å²) in [5.41, 5.74) is 1.89. The highest BCUT2D eigenvalue weighted by Gasteiger charge is 2.11. The molecule has 0 atom stereocenters. The molecule has 0 aliphatic rings. The van der Waals surface area contributed by atoms with Crippen molar-refractivity contribution in [1.82, 2.24) is 4.98 Å². The molecule has 1 aromatic heterocycles. The number of anilines is 1. The molecule has 96 valence electrons. The Labute approximate surface area is 108 Å². The van der Waals surface area contributed by atoms with Crippen molar-refractivity contribution in [3.63, 3.8) is 0 Å². The molecule has 2 rings (SSSR count). The first-order valence-corrected chi connectivity index (χ1v) is 6.54. The second kappa shape index (κ2) is 5.83. The Bertz CT molecular complexity index is 525. The van der Waals surface area contributed by atoms with Gasteiger partial charge in [0.25, 0.3) is 0 Å². The van der Waals surface area contributed by atoms with E-state index in [2.05, 4.69) is 18.7 Å². The number of aliphatic hydroxyl groups excluding tert-OH is 1. The lowest BCUT2D eigenvalue weighted by atomic mass is 10.1. The highest BCUT2D eigenvalue weighted by molar-refractivity contribution is 5.81. The first kappa shape index (κ1) is 12.8. The van der Waals surface area contributed by atoms with E-state index in [1.165, 1.54) is 0 Å². The minimum Gasteiger partial charge on any atom is -0.392 e. The van der Waals surface area contributed by atoms with Gasteiger partial charge in [-0.15, -0.1) is 0 Å². The first-order chi connectivity index (χ1) is 8.80. The predicted molar refractivity (Wildman–Crippen MR) is 75.8 cm³/mol. The molecule has 3 nitrogen and oxygen atoms in total. The van der Waals surface area contributed by atoms with Crippen LogP contribution in [-0.4, -0.2) is 23.2 Å². The van der Waals surface area contributed by atoms with Crippen molar-refractivity contribution in [3.05, 3.63) is 35.9 Å². The van der Waals surface area contributed by atoms with Gasteiger partial charge >= 0.3 is 0 Å². The van der Waals surface area contributed by atoms with E-state index in [0.717, 1.165) is 41.8 Å². The van der Waals surface area contributed by atoms with Crippen LogP contribution in [0.15, 0.2) is 30.3 Å². The summed E-state index contributed by atoms with van der Waals surface area (Å²) in [6.07, 6.45) is 1.08. The zero-order chi connectivity index (χ0) is 13.0. The molecular weight excluding hydrogens is 224 g/mol. The van der Waals surface area contributed by atoms with Gasteiger partial charge in [0.05, 0.1) is 12.1 Å². The van der Waals surface area contributed by atoms with Crippen molar-refractivity contribution in [2.45, 2.75) is 26.9 Å². The van der Waals surface area contributed by atoms with Gasteiger partial charge in [0.2, 0.25) is 0 Å². The quantitative estimate of drug-likeness (QED) is 0.878. The SMILES string of the molecule is CCCN(CC)c1nc2ccccc2cc1CO. The third kappa shape index (κ3) is 2.46. The molecule has 1 heterocycles. The van der Waals surface area contributed by atoms with Gasteiger partial charge in [0, 0.05) is 24.0 Å². The third-order valence-corrected chi connectivity index (χ3v) is 3.13. The number of hydrogen-bond donors (Lipinski definition) is 1. The van der Waals surface area contributed by atoms with Crippen LogP contribution < -0.4 is 4.90 Å². The molecule has 0 unspecified atom stereocenters. The molecular formula is C15H20N2O. The Hall–Kier alpha value is -1.61. The Morgan fingerprint density at radius 1 is 1.22 bits per heavy atom. The second-order valence-corrected chi connectivity index (χ2v) is 4.40. The lowest BCUT2D eigenvalue weighted by Gasteiger charge is -2.24. The van der Waals surface area contributed by atoms with Gasteiger partial charge in [0.1, 0.15) is 5.82 Å². The molecule has 0 fully saturated rings. The largest absolute Gasteiger partial charge is 0.392 e. The van der Waals surface area contributed by atoms with Crippen LogP contribution in [0, 0.1) is 0 Å². The first-order valence-electron chi connectivity index (χ1n) is 6.54. The van der Waals surface area contributed by atoms with Crippen LogP contribution in [0.5, 0.6) is 0 Å². The zero-order valence-electron chi connectivity index (χ0n) is 11.1. The zero-order valence-corrected chi connectivity index (χ0v) is 11.1. The molecule has 2 aromatic rings. The Kier molecular flexibility index (Phi) is 4.15. The predicted octanol–water partition coefficient (Wildman–Crippen LogP) is 2.96. The lowest BCUT2D eigenvalue weighted by molar-refractivity contribution is 0.282. The summed E-state index contributed by atoms with van der Waals surface area (Å²) in [5, 5.41) is 10.6. The van der Waals surface area contributed by atoms with Gasteiger partial charge < -0.3 is 10.0 Å². The van der Waals surface area contributed by atoms with Gasteiger partial charge in [-0.3, -0.25) is 0 Å². The highest BCUT2D eigenvalue weighted by Crippen LogP contribution is 2.23. The van der Waals surface area contributed by atoms with Crippen LogP contribution in [0.1, 0.15) is 25.8 Å². The maximum Gasteiger partial charge on any atom is 0.134 e. The average Bonchev–Trinajstić information content (AvgIpc) is 2.43. The van der Waals surface area contributed by atoms with Crippen LogP contribution in [0.3, 0.4) is 0 Å². The van der Waals surface area contributed by atoms with E-state index in [0.29, 0.717) is 0 Å². The molecule has 1 N–H and O–H groups in total. The summed E-state index contributed by atoms with van der Waals surface area (Å²) in [7, 11) is 0. The summed E-state index contributed by atoms with van der Waals surface area (Å²) in [6.45, 7) is 6.18. The van der Waals surface area contributed by atoms with Gasteiger partial charge in [-0.05, 0) is 25.5 Å². The topological polar surface area (TPSA) is 36.4 Å². The monoisotopic (exact) mass is 244 g/mol. The number of para-hydroxylation sites is 1. The minimum absolute atomic E-state index is 0.0351. The summed E-state index contributed by atoms with van der Waals surface area (Å²) in [5.74, 6) is 0.917. The molecule has 0 spiro atoms. The normalized spacial score (nSPS) is 10.8. The molecule has 0 amide bonds. The van der Waals surface area contributed by atoms with E-state index < -0.39 is 0 Å². The van der Waals surface area contributed by atoms with Gasteiger partial charge in [0.15, 0.2) is 0 Å². The van der Waals surface area contributed by atoms with Crippen LogP contribution >= 0.6 is 0 Å². The number of aliphatic hydroxyl groups is 1. The number of benzene rings is 1. The summed E-state index contributed by atoms with van der Waals surface area (Å²) in [4.78, 5) is 6.92. The van der Waals surface area contributed by atoms with Gasteiger partial charge in [-0.1, -0.05) is 25.1 Å². The smallest absolute Gasteiger partial charge is 0.134 e. The van der Waals surface area contributed by atoms with E-state index in [9.17, 15) is 5.11 Å². The molecule has 0 saturated heterocycles. The number of aromatic nitrogens is 1. The number of rotatable bonds is 5. The third-order valence-electron chi connectivity index (χ3n) is 3.13. The average molecular weight is 244 g/mol. The maximum absolute atomic E-state index is 9.52. The molecule has 0 aliphatic carbocycles. The fourth-order valence-corrected chi connectivity index (χ4v) is 2.22. The molecule has 0 radical (unpaired) electrons.